The van der Waals surface area contributed by atoms with Crippen LogP contribution in [0.1, 0.15) is 0 Å². The monoisotopic (exact) mass is 408 g/mol. The molecule has 0 aliphatic heterocycles. The number of anilines is 1. The van der Waals surface area contributed by atoms with Crippen LogP contribution in [0.2, 0.25) is 0 Å². The number of hydrogen-bond acceptors (Lipinski definition) is 6. The number of aliphatic imine (C=N–C) groups is 1. The van der Waals surface area contributed by atoms with E-state index in [1.807, 2.05) is 29.1 Å². The molecular weight excluding hydrogens is 384 g/mol. The van der Waals surface area contributed by atoms with Crippen molar-refractivity contribution in [2.75, 3.05) is 38.3 Å². The molecule has 11 heteroatoms. The second-order valence-corrected chi connectivity index (χ2v) is 8.00. The molecular formula is C17H24N6O4S. The number of nitrogens with one attached hydrogen (secondary N) is 3. The smallest absolute Gasteiger partial charge is 0.293 e. The predicted octanol–water partition coefficient (Wildman–Crippen LogP) is 1.08. The molecule has 2 aromatic rings. The Balaban J connectivity index is 1.84. The van der Waals surface area contributed by atoms with E-state index in [9.17, 15) is 18.5 Å². The number of sulfone groups is 1. The second kappa shape index (κ2) is 9.74. The van der Waals surface area contributed by atoms with Crippen LogP contribution in [0.3, 0.4) is 0 Å². The maximum absolute atomic E-state index is 11.6. The maximum Gasteiger partial charge on any atom is 0.293 e. The Morgan fingerprint density at radius 2 is 1.86 bits per heavy atom. The highest BCUT2D eigenvalue weighted by Gasteiger charge is 2.18. The summed E-state index contributed by atoms with van der Waals surface area (Å²) in [5.74, 6) is 0.621. The van der Waals surface area contributed by atoms with Gasteiger partial charge in [0.15, 0.2) is 15.8 Å². The van der Waals surface area contributed by atoms with Crippen molar-refractivity contribution in [1.29, 1.82) is 0 Å². The number of rotatable bonds is 9. The van der Waals surface area contributed by atoms with Crippen LogP contribution in [-0.2, 0) is 16.4 Å². The van der Waals surface area contributed by atoms with Gasteiger partial charge >= 0.3 is 0 Å². The van der Waals surface area contributed by atoms with E-state index in [4.69, 9.17) is 0 Å². The second-order valence-electron chi connectivity index (χ2n) is 5.98. The number of aromatic nitrogens is 1. The Kier molecular flexibility index (Phi) is 7.38. The fourth-order valence-corrected chi connectivity index (χ4v) is 3.10. The SMILES string of the molecule is CN=C(NCCNc1ccc(S(C)(=O)=O)cc1[N+](=O)[O-])NCCn1cccc1. The van der Waals surface area contributed by atoms with Crippen molar-refractivity contribution in [2.24, 2.45) is 4.99 Å². The molecule has 0 unspecified atom stereocenters. The van der Waals surface area contributed by atoms with Gasteiger partial charge in [0, 0.05) is 57.9 Å². The fraction of sp³-hybridized carbons (Fsp3) is 0.353. The highest BCUT2D eigenvalue weighted by Crippen LogP contribution is 2.27. The minimum Gasteiger partial charge on any atom is -0.378 e. The molecule has 1 aromatic carbocycles. The van der Waals surface area contributed by atoms with Gasteiger partial charge in [-0.25, -0.2) is 8.42 Å². The van der Waals surface area contributed by atoms with E-state index < -0.39 is 14.8 Å². The Bertz CT molecular complexity index is 925. The van der Waals surface area contributed by atoms with E-state index in [0.717, 1.165) is 18.9 Å². The molecule has 10 nitrogen and oxygen atoms in total. The standard InChI is InChI=1S/C17H24N6O4S/c1-18-17(21-9-12-22-10-3-4-11-22)20-8-7-19-15-6-5-14(28(2,26)27)13-16(15)23(24)25/h3-6,10-11,13,19H,7-9,12H2,1-2H3,(H2,18,20,21). The van der Waals surface area contributed by atoms with E-state index in [0.29, 0.717) is 25.6 Å². The van der Waals surface area contributed by atoms with Crippen molar-refractivity contribution in [3.05, 3.63) is 52.8 Å². The predicted molar refractivity (Wildman–Crippen MR) is 108 cm³/mol. The van der Waals surface area contributed by atoms with Crippen molar-refractivity contribution in [2.45, 2.75) is 11.4 Å². The lowest BCUT2D eigenvalue weighted by Gasteiger charge is -2.13. The van der Waals surface area contributed by atoms with Crippen LogP contribution in [0.4, 0.5) is 11.4 Å². The zero-order valence-corrected chi connectivity index (χ0v) is 16.6. The van der Waals surface area contributed by atoms with Gasteiger partial charge in [0.25, 0.3) is 5.69 Å². The number of hydrogen-bond donors (Lipinski definition) is 3. The van der Waals surface area contributed by atoms with Gasteiger partial charge in [-0.1, -0.05) is 0 Å². The van der Waals surface area contributed by atoms with Gasteiger partial charge < -0.3 is 20.5 Å². The number of nitrogens with zero attached hydrogens (tertiary/aromatic N) is 3. The number of guanidine groups is 1. The first kappa shape index (κ1) is 21.2. The normalized spacial score (nSPS) is 11.9. The molecule has 0 aliphatic carbocycles. The molecule has 1 heterocycles. The van der Waals surface area contributed by atoms with E-state index in [1.54, 1.807) is 7.05 Å². The summed E-state index contributed by atoms with van der Waals surface area (Å²) < 4.78 is 25.2. The summed E-state index contributed by atoms with van der Waals surface area (Å²) in [5, 5.41) is 20.5. The molecule has 2 rings (SSSR count). The molecule has 152 valence electrons. The van der Waals surface area contributed by atoms with Crippen molar-refractivity contribution in [3.8, 4) is 0 Å². The molecule has 0 aliphatic rings. The molecule has 0 saturated heterocycles. The Labute approximate surface area is 163 Å². The van der Waals surface area contributed by atoms with Gasteiger partial charge in [0.2, 0.25) is 0 Å². The van der Waals surface area contributed by atoms with Gasteiger partial charge in [-0.15, -0.1) is 0 Å². The van der Waals surface area contributed by atoms with Crippen LogP contribution in [-0.4, -0.2) is 56.8 Å². The van der Waals surface area contributed by atoms with Gasteiger partial charge in [0.1, 0.15) is 5.69 Å². The van der Waals surface area contributed by atoms with Crippen LogP contribution in [0.25, 0.3) is 0 Å². The lowest BCUT2D eigenvalue weighted by Crippen LogP contribution is -2.40. The third-order valence-electron chi connectivity index (χ3n) is 3.88. The average Bonchev–Trinajstić information content (AvgIpc) is 3.16. The van der Waals surface area contributed by atoms with Gasteiger partial charge in [0.05, 0.1) is 9.82 Å². The quantitative estimate of drug-likeness (QED) is 0.186. The first-order chi connectivity index (χ1) is 13.3. The topological polar surface area (TPSA) is 131 Å². The lowest BCUT2D eigenvalue weighted by atomic mass is 10.2. The highest BCUT2D eigenvalue weighted by molar-refractivity contribution is 7.90. The first-order valence-electron chi connectivity index (χ1n) is 8.59. The van der Waals surface area contributed by atoms with E-state index in [2.05, 4.69) is 20.9 Å². The van der Waals surface area contributed by atoms with E-state index in [1.165, 1.54) is 12.1 Å². The van der Waals surface area contributed by atoms with Crippen molar-refractivity contribution in [3.63, 3.8) is 0 Å². The largest absolute Gasteiger partial charge is 0.378 e. The molecule has 0 radical (unpaired) electrons. The molecule has 0 atom stereocenters. The molecule has 0 amide bonds. The summed E-state index contributed by atoms with van der Waals surface area (Å²) in [6.45, 7) is 2.34. The molecule has 0 fully saturated rings. The van der Waals surface area contributed by atoms with Crippen LogP contribution in [0.5, 0.6) is 0 Å². The van der Waals surface area contributed by atoms with Crippen LogP contribution >= 0.6 is 0 Å². The Hall–Kier alpha value is -3.08. The minimum atomic E-state index is -3.51. The summed E-state index contributed by atoms with van der Waals surface area (Å²) in [5.41, 5.74) is -0.0214. The van der Waals surface area contributed by atoms with Crippen LogP contribution in [0, 0.1) is 10.1 Å². The first-order valence-corrected chi connectivity index (χ1v) is 10.5. The van der Waals surface area contributed by atoms with Gasteiger partial charge in [-0.2, -0.15) is 0 Å². The number of nitro benzene ring substituents is 1. The highest BCUT2D eigenvalue weighted by atomic mass is 32.2. The Morgan fingerprint density at radius 3 is 2.46 bits per heavy atom. The molecule has 1 aromatic heterocycles. The summed E-state index contributed by atoms with van der Waals surface area (Å²) in [6.07, 6.45) is 4.96. The molecule has 3 N–H and O–H groups in total. The summed E-state index contributed by atoms with van der Waals surface area (Å²) in [4.78, 5) is 14.7. The molecule has 0 bridgehead atoms. The van der Waals surface area contributed by atoms with Crippen molar-refractivity contribution >= 4 is 27.2 Å². The van der Waals surface area contributed by atoms with E-state index >= 15 is 0 Å². The zero-order chi connectivity index (χ0) is 20.6. The minimum absolute atomic E-state index is 0.0878. The molecule has 28 heavy (non-hydrogen) atoms. The molecule has 0 spiro atoms. The third-order valence-corrected chi connectivity index (χ3v) is 4.99. The number of nitro groups is 1. The van der Waals surface area contributed by atoms with Gasteiger partial charge in [-0.3, -0.25) is 15.1 Å². The third kappa shape index (κ3) is 6.27. The van der Waals surface area contributed by atoms with Gasteiger partial charge in [-0.05, 0) is 24.3 Å². The van der Waals surface area contributed by atoms with E-state index in [-0.39, 0.29) is 16.3 Å². The van der Waals surface area contributed by atoms with Crippen molar-refractivity contribution in [1.82, 2.24) is 15.2 Å². The summed E-state index contributed by atoms with van der Waals surface area (Å²) in [6, 6.07) is 7.73. The fourth-order valence-electron chi connectivity index (χ4n) is 2.46. The maximum atomic E-state index is 11.6. The lowest BCUT2D eigenvalue weighted by molar-refractivity contribution is -0.384. The average molecular weight is 408 g/mol. The van der Waals surface area contributed by atoms with Crippen molar-refractivity contribution < 1.29 is 13.3 Å². The van der Waals surface area contributed by atoms with Crippen LogP contribution in [0.15, 0.2) is 52.6 Å². The summed E-state index contributed by atoms with van der Waals surface area (Å²) in [7, 11) is -1.85. The number of benzene rings is 1. The molecule has 0 saturated carbocycles. The Morgan fingerprint density at radius 1 is 1.18 bits per heavy atom. The zero-order valence-electron chi connectivity index (χ0n) is 15.8. The summed E-state index contributed by atoms with van der Waals surface area (Å²) >= 11 is 0. The van der Waals surface area contributed by atoms with Crippen LogP contribution < -0.4 is 16.0 Å².